The molecule has 5 aromatic rings. The molecule has 56 heavy (non-hydrogen) atoms. The van der Waals surface area contributed by atoms with Crippen molar-refractivity contribution in [2.24, 2.45) is 0 Å². The molecule has 2 nitrogen and oxygen atoms in total. The summed E-state index contributed by atoms with van der Waals surface area (Å²) in [5.74, 6) is -81.1. The number of hydrogen-bond acceptors (Lipinski definition) is 2. The Morgan fingerprint density at radius 2 is 0.375 bits per heavy atom. The molecule has 0 saturated heterocycles. The molecule has 0 radical (unpaired) electrons. The van der Waals surface area contributed by atoms with Gasteiger partial charge in [-0.2, -0.15) is 8.78 Å². The van der Waals surface area contributed by atoms with Crippen LogP contribution in [0.1, 0.15) is 0 Å². The van der Waals surface area contributed by atoms with Gasteiger partial charge >= 0.3 is 7.12 Å². The van der Waals surface area contributed by atoms with E-state index in [-0.39, 0.29) is 0 Å². The van der Waals surface area contributed by atoms with E-state index in [0.717, 1.165) is 0 Å². The van der Waals surface area contributed by atoms with Gasteiger partial charge in [-0.3, -0.25) is 0 Å². The molecule has 0 spiro atoms. The molecule has 0 aliphatic heterocycles. The molecular formula is C30BF23O2. The summed E-state index contributed by atoms with van der Waals surface area (Å²) < 4.78 is 343. The van der Waals surface area contributed by atoms with Crippen molar-refractivity contribution >= 4 is 12.6 Å². The van der Waals surface area contributed by atoms with Crippen molar-refractivity contribution in [2.45, 2.75) is 0 Å². The lowest BCUT2D eigenvalue weighted by Gasteiger charge is -2.24. The second-order valence-electron chi connectivity index (χ2n) is 10.4. The SMILES string of the molecule is Fc1c(F)c(F)c(B(Oc2c(F)c(F)c(F)c(F)c2-c2c(F)c(F)c(F)c(F)c2F)Oc2c(F)c(F)c(F)c(F)c2-c2c(F)c(F)c(F)c(F)c2F)c(F)c1F. The molecule has 0 saturated carbocycles. The van der Waals surface area contributed by atoms with Gasteiger partial charge in [0.1, 0.15) is 0 Å². The molecule has 296 valence electrons. The van der Waals surface area contributed by atoms with Crippen molar-refractivity contribution < 1.29 is 110 Å². The first-order valence-electron chi connectivity index (χ1n) is 13.5. The first kappa shape index (κ1) is 41.3. The Labute approximate surface area is 291 Å². The van der Waals surface area contributed by atoms with Gasteiger partial charge in [-0.15, -0.1) is 0 Å². The van der Waals surface area contributed by atoms with Crippen LogP contribution in [0.5, 0.6) is 11.5 Å². The predicted molar refractivity (Wildman–Crippen MR) is 136 cm³/mol. The zero-order valence-electron chi connectivity index (χ0n) is 25.1. The molecule has 0 aliphatic carbocycles. The molecule has 0 atom stereocenters. The Hall–Kier alpha value is -5.85. The standard InChI is InChI=1S/C30BF23O2/c32-6-1(7(33)15(41)22(48)14(6)40)3-10(36)18(44)25(51)27(53)29(3)55-31(5-12(38)20(46)24(50)21(47)13(5)39)56-30-4(11(37)19(45)26(52)28(30)54)2-8(34)16(42)23(49)17(43)9(2)35. The van der Waals surface area contributed by atoms with Crippen LogP contribution in [-0.4, -0.2) is 7.12 Å². The molecule has 0 aliphatic rings. The zero-order valence-corrected chi connectivity index (χ0v) is 25.1. The van der Waals surface area contributed by atoms with Crippen LogP contribution < -0.4 is 14.8 Å². The van der Waals surface area contributed by atoms with Gasteiger partial charge in [0.25, 0.3) is 0 Å². The van der Waals surface area contributed by atoms with Gasteiger partial charge in [0, 0.05) is 0 Å². The van der Waals surface area contributed by atoms with Crippen LogP contribution in [0.3, 0.4) is 0 Å². The summed E-state index contributed by atoms with van der Waals surface area (Å²) in [6.07, 6.45) is 0. The average Bonchev–Trinajstić information content (AvgIpc) is 3.17. The van der Waals surface area contributed by atoms with Crippen LogP contribution in [0.2, 0.25) is 0 Å². The van der Waals surface area contributed by atoms with Crippen molar-refractivity contribution in [3.63, 3.8) is 0 Å². The van der Waals surface area contributed by atoms with Crippen molar-refractivity contribution in [3.8, 4) is 33.8 Å². The van der Waals surface area contributed by atoms with E-state index in [0.29, 0.717) is 0 Å². The highest BCUT2D eigenvalue weighted by molar-refractivity contribution is 6.63. The molecule has 0 aromatic heterocycles. The Balaban J connectivity index is 1.97. The fourth-order valence-corrected chi connectivity index (χ4v) is 4.72. The summed E-state index contributed by atoms with van der Waals surface area (Å²) in [5.41, 5.74) is -14.7. The molecule has 0 amide bonds. The van der Waals surface area contributed by atoms with E-state index >= 15 is 26.3 Å². The number of halogens is 23. The normalized spacial score (nSPS) is 11.5. The topological polar surface area (TPSA) is 18.5 Å². The maximum Gasteiger partial charge on any atom is 0.639 e. The fraction of sp³-hybridized carbons (Fsp3) is 0. The molecule has 0 fully saturated rings. The summed E-state index contributed by atoms with van der Waals surface area (Å²) in [4.78, 5) is 0. The van der Waals surface area contributed by atoms with E-state index in [1.54, 1.807) is 0 Å². The van der Waals surface area contributed by atoms with Crippen LogP contribution in [-0.2, 0) is 0 Å². The maximum atomic E-state index is 15.3. The van der Waals surface area contributed by atoms with E-state index in [4.69, 9.17) is 0 Å². The van der Waals surface area contributed by atoms with Gasteiger partial charge in [0.05, 0.1) is 27.7 Å². The Morgan fingerprint density at radius 3 is 0.625 bits per heavy atom. The van der Waals surface area contributed by atoms with Gasteiger partial charge in [-0.25, -0.2) is 92.2 Å². The van der Waals surface area contributed by atoms with Gasteiger partial charge in [0.15, 0.2) is 110 Å². The van der Waals surface area contributed by atoms with Crippen molar-refractivity contribution in [3.05, 3.63) is 134 Å². The first-order chi connectivity index (χ1) is 25.9. The summed E-state index contributed by atoms with van der Waals surface area (Å²) in [6, 6.07) is 0. The molecule has 0 heterocycles. The smallest absolute Gasteiger partial charge is 0.519 e. The molecule has 0 unspecified atom stereocenters. The van der Waals surface area contributed by atoms with Crippen molar-refractivity contribution in [2.75, 3.05) is 0 Å². The summed E-state index contributed by atoms with van der Waals surface area (Å²) in [6.45, 7) is 0. The third-order valence-corrected chi connectivity index (χ3v) is 7.30. The average molecular weight is 840 g/mol. The monoisotopic (exact) mass is 840 g/mol. The summed E-state index contributed by atoms with van der Waals surface area (Å²) >= 11 is 0. The second kappa shape index (κ2) is 14.3. The minimum Gasteiger partial charge on any atom is -0.519 e. The zero-order chi connectivity index (χ0) is 42.3. The van der Waals surface area contributed by atoms with E-state index in [1.165, 1.54) is 0 Å². The van der Waals surface area contributed by atoms with E-state index < -0.39 is 180 Å². The Morgan fingerprint density at radius 1 is 0.196 bits per heavy atom. The molecule has 0 bridgehead atoms. The fourth-order valence-electron chi connectivity index (χ4n) is 4.72. The van der Waals surface area contributed by atoms with Crippen LogP contribution >= 0.6 is 0 Å². The lowest BCUT2D eigenvalue weighted by atomic mass is 9.76. The van der Waals surface area contributed by atoms with Gasteiger partial charge < -0.3 is 9.31 Å². The van der Waals surface area contributed by atoms with Crippen LogP contribution in [0.15, 0.2) is 0 Å². The largest absolute Gasteiger partial charge is 0.639 e. The highest BCUT2D eigenvalue weighted by Crippen LogP contribution is 2.45. The van der Waals surface area contributed by atoms with Gasteiger partial charge in [0.2, 0.25) is 34.9 Å². The Kier molecular flexibility index (Phi) is 10.6. The van der Waals surface area contributed by atoms with E-state index in [1.807, 2.05) is 0 Å². The molecule has 5 aromatic carbocycles. The molecule has 26 heteroatoms. The summed E-state index contributed by atoms with van der Waals surface area (Å²) in [5, 5.41) is 0. The van der Waals surface area contributed by atoms with E-state index in [9.17, 15) is 74.6 Å². The number of hydrogen-bond donors (Lipinski definition) is 0. The highest BCUT2D eigenvalue weighted by Gasteiger charge is 2.45. The number of benzene rings is 5. The van der Waals surface area contributed by atoms with Gasteiger partial charge in [-0.05, 0) is 0 Å². The minimum absolute atomic E-state index is 2.92. The van der Waals surface area contributed by atoms with Crippen LogP contribution in [0.4, 0.5) is 101 Å². The summed E-state index contributed by atoms with van der Waals surface area (Å²) in [7, 11) is -4.52. The third kappa shape index (κ3) is 5.95. The van der Waals surface area contributed by atoms with Gasteiger partial charge in [-0.1, -0.05) is 0 Å². The van der Waals surface area contributed by atoms with Crippen molar-refractivity contribution in [1.82, 2.24) is 0 Å². The van der Waals surface area contributed by atoms with Crippen molar-refractivity contribution in [1.29, 1.82) is 0 Å². The number of rotatable bonds is 7. The maximum absolute atomic E-state index is 15.3. The lowest BCUT2D eigenvalue weighted by molar-refractivity contribution is 0.347. The van der Waals surface area contributed by atoms with Crippen LogP contribution in [0, 0.1) is 134 Å². The molecule has 0 N–H and O–H groups in total. The highest BCUT2D eigenvalue weighted by atomic mass is 19.2. The first-order valence-corrected chi connectivity index (χ1v) is 13.5. The molecular weight excluding hydrogens is 840 g/mol. The predicted octanol–water partition coefficient (Wildman–Crippen LogP) is 10.1. The second-order valence-corrected chi connectivity index (χ2v) is 10.4. The molecule has 5 rings (SSSR count). The minimum atomic E-state index is -4.52. The third-order valence-electron chi connectivity index (χ3n) is 7.30. The van der Waals surface area contributed by atoms with Crippen LogP contribution in [0.25, 0.3) is 22.3 Å². The lowest BCUT2D eigenvalue weighted by Crippen LogP contribution is -2.48. The van der Waals surface area contributed by atoms with E-state index in [2.05, 4.69) is 9.31 Å². The Bertz CT molecular complexity index is 2320. The quantitative estimate of drug-likeness (QED) is 0.0704.